The second kappa shape index (κ2) is 10.1. The molecule has 0 heterocycles. The van der Waals surface area contributed by atoms with Crippen molar-refractivity contribution in [1.82, 2.24) is 5.32 Å². The molecule has 0 saturated heterocycles. The average Bonchev–Trinajstić information content (AvgIpc) is 2.71. The van der Waals surface area contributed by atoms with E-state index in [1.54, 1.807) is 31.4 Å². The minimum atomic E-state index is -0.781. The van der Waals surface area contributed by atoms with Crippen molar-refractivity contribution in [1.29, 1.82) is 0 Å². The van der Waals surface area contributed by atoms with Crippen molar-refractivity contribution in [2.24, 2.45) is 0 Å². The number of ether oxygens (including phenoxy) is 2. The first-order chi connectivity index (χ1) is 13.4. The van der Waals surface area contributed by atoms with Crippen LogP contribution in [0.4, 0.5) is 0 Å². The van der Waals surface area contributed by atoms with Gasteiger partial charge in [0.25, 0.3) is 0 Å². The maximum absolute atomic E-state index is 11.6. The minimum absolute atomic E-state index is 0.00211. The summed E-state index contributed by atoms with van der Waals surface area (Å²) in [6.07, 6.45) is -0.147. The molecule has 0 amide bonds. The lowest BCUT2D eigenvalue weighted by molar-refractivity contribution is 0.0600. The van der Waals surface area contributed by atoms with Crippen LogP contribution in [0.5, 0.6) is 11.5 Å². The van der Waals surface area contributed by atoms with Crippen molar-refractivity contribution < 1.29 is 29.6 Å². The molecule has 0 aromatic heterocycles. The maximum Gasteiger partial charge on any atom is 0.337 e. The summed E-state index contributed by atoms with van der Waals surface area (Å²) in [5.41, 5.74) is 2.34. The summed E-state index contributed by atoms with van der Waals surface area (Å²) in [5, 5.41) is 32.5. The lowest BCUT2D eigenvalue weighted by atomic mass is 10.0. The quantitative estimate of drug-likeness (QED) is 0.485. The second-order valence-electron chi connectivity index (χ2n) is 6.59. The summed E-state index contributed by atoms with van der Waals surface area (Å²) in [6, 6.07) is 9.87. The molecule has 2 unspecified atom stereocenters. The Morgan fingerprint density at radius 2 is 1.89 bits per heavy atom. The molecule has 2 rings (SSSR count). The number of aliphatic hydroxyl groups is 2. The average molecular weight is 389 g/mol. The van der Waals surface area contributed by atoms with E-state index in [4.69, 9.17) is 9.47 Å². The Bertz CT molecular complexity index is 807. The first kappa shape index (κ1) is 21.7. The van der Waals surface area contributed by atoms with E-state index in [0.29, 0.717) is 35.4 Å². The van der Waals surface area contributed by atoms with Crippen LogP contribution < -0.4 is 10.1 Å². The van der Waals surface area contributed by atoms with Gasteiger partial charge in [-0.05, 0) is 48.7 Å². The Balaban J connectivity index is 1.98. The topological polar surface area (TPSA) is 108 Å². The van der Waals surface area contributed by atoms with Crippen LogP contribution in [-0.2, 0) is 17.8 Å². The number of phenols is 1. The number of benzene rings is 2. The number of esters is 1. The number of aromatic hydroxyl groups is 1. The molecule has 7 nitrogen and oxygen atoms in total. The smallest absolute Gasteiger partial charge is 0.337 e. The lowest BCUT2D eigenvalue weighted by Gasteiger charge is -2.19. The van der Waals surface area contributed by atoms with Gasteiger partial charge in [0, 0.05) is 18.2 Å². The van der Waals surface area contributed by atoms with Crippen LogP contribution in [0.1, 0.15) is 40.1 Å². The highest BCUT2D eigenvalue weighted by atomic mass is 16.5. The monoisotopic (exact) mass is 389 g/mol. The standard InChI is InChI=1S/C21H27NO6/c1-13(8-15-4-5-16(21(26)28-3)10-20(15)27-2)22-11-19(25)14-6-7-18(24)17(9-14)12-23/h4-7,9-10,13,19,22-25H,8,11-12H2,1-3H3. The van der Waals surface area contributed by atoms with Gasteiger partial charge in [-0.3, -0.25) is 0 Å². The molecule has 2 atom stereocenters. The molecule has 0 fully saturated rings. The zero-order chi connectivity index (χ0) is 20.7. The lowest BCUT2D eigenvalue weighted by Crippen LogP contribution is -2.32. The third-order valence-electron chi connectivity index (χ3n) is 4.55. The van der Waals surface area contributed by atoms with Crippen molar-refractivity contribution in [2.45, 2.75) is 32.1 Å². The predicted octanol–water partition coefficient (Wildman–Crippen LogP) is 1.93. The molecule has 0 aliphatic rings. The van der Waals surface area contributed by atoms with Crippen molar-refractivity contribution in [3.05, 3.63) is 58.7 Å². The highest BCUT2D eigenvalue weighted by Gasteiger charge is 2.15. The van der Waals surface area contributed by atoms with Crippen molar-refractivity contribution in [3.8, 4) is 11.5 Å². The largest absolute Gasteiger partial charge is 0.508 e. The van der Waals surface area contributed by atoms with Crippen molar-refractivity contribution >= 4 is 5.97 Å². The number of carbonyl (C=O) groups excluding carboxylic acids is 1. The van der Waals surface area contributed by atoms with Crippen LogP contribution in [0.25, 0.3) is 0 Å². The van der Waals surface area contributed by atoms with Crippen LogP contribution in [0.15, 0.2) is 36.4 Å². The van der Waals surface area contributed by atoms with E-state index in [9.17, 15) is 20.1 Å². The third-order valence-corrected chi connectivity index (χ3v) is 4.55. The molecular weight excluding hydrogens is 362 g/mol. The Labute approximate surface area is 164 Å². The van der Waals surface area contributed by atoms with E-state index in [-0.39, 0.29) is 18.4 Å². The van der Waals surface area contributed by atoms with E-state index >= 15 is 0 Å². The molecule has 2 aromatic carbocycles. The van der Waals surface area contributed by atoms with Crippen LogP contribution in [-0.4, -0.2) is 48.1 Å². The minimum Gasteiger partial charge on any atom is -0.508 e. The van der Waals surface area contributed by atoms with Gasteiger partial charge in [0.05, 0.1) is 32.5 Å². The second-order valence-corrected chi connectivity index (χ2v) is 6.59. The zero-order valence-electron chi connectivity index (χ0n) is 16.3. The molecule has 152 valence electrons. The molecule has 0 radical (unpaired) electrons. The van der Waals surface area contributed by atoms with Gasteiger partial charge >= 0.3 is 5.97 Å². The summed E-state index contributed by atoms with van der Waals surface area (Å²) in [7, 11) is 2.88. The Hall–Kier alpha value is -2.61. The van der Waals surface area contributed by atoms with Gasteiger partial charge in [-0.1, -0.05) is 12.1 Å². The fourth-order valence-electron chi connectivity index (χ4n) is 2.93. The van der Waals surface area contributed by atoms with Gasteiger partial charge in [0.2, 0.25) is 0 Å². The molecule has 4 N–H and O–H groups in total. The Morgan fingerprint density at radius 1 is 1.14 bits per heavy atom. The molecule has 0 bridgehead atoms. The molecule has 0 aliphatic carbocycles. The first-order valence-electron chi connectivity index (χ1n) is 8.98. The number of nitrogens with one attached hydrogen (secondary N) is 1. The molecule has 0 saturated carbocycles. The molecular formula is C21H27NO6. The summed E-state index contributed by atoms with van der Waals surface area (Å²) < 4.78 is 10.1. The fraction of sp³-hybridized carbons (Fsp3) is 0.381. The van der Waals surface area contributed by atoms with Gasteiger partial charge in [-0.25, -0.2) is 4.79 Å². The maximum atomic E-state index is 11.6. The number of hydrogen-bond donors (Lipinski definition) is 4. The van der Waals surface area contributed by atoms with Crippen LogP contribution in [0.2, 0.25) is 0 Å². The zero-order valence-corrected chi connectivity index (χ0v) is 16.3. The predicted molar refractivity (Wildman–Crippen MR) is 104 cm³/mol. The van der Waals surface area contributed by atoms with Gasteiger partial charge in [0.15, 0.2) is 0 Å². The van der Waals surface area contributed by atoms with Gasteiger partial charge in [-0.2, -0.15) is 0 Å². The highest BCUT2D eigenvalue weighted by Crippen LogP contribution is 2.24. The normalized spacial score (nSPS) is 13.0. The van der Waals surface area contributed by atoms with E-state index < -0.39 is 12.1 Å². The van der Waals surface area contributed by atoms with Crippen LogP contribution in [0, 0.1) is 0 Å². The molecule has 2 aromatic rings. The fourth-order valence-corrected chi connectivity index (χ4v) is 2.93. The van der Waals surface area contributed by atoms with E-state index in [1.165, 1.54) is 13.2 Å². The van der Waals surface area contributed by atoms with Gasteiger partial charge < -0.3 is 30.1 Å². The Kier molecular flexibility index (Phi) is 7.80. The molecule has 0 spiro atoms. The molecule has 0 aliphatic heterocycles. The number of hydrogen-bond acceptors (Lipinski definition) is 7. The number of methoxy groups -OCH3 is 2. The van der Waals surface area contributed by atoms with Gasteiger partial charge in [-0.15, -0.1) is 0 Å². The number of aliphatic hydroxyl groups excluding tert-OH is 2. The summed E-state index contributed by atoms with van der Waals surface area (Å²) in [4.78, 5) is 11.6. The summed E-state index contributed by atoms with van der Waals surface area (Å²) in [6.45, 7) is 1.99. The van der Waals surface area contributed by atoms with E-state index in [2.05, 4.69) is 5.32 Å². The van der Waals surface area contributed by atoms with Gasteiger partial charge in [0.1, 0.15) is 11.5 Å². The summed E-state index contributed by atoms with van der Waals surface area (Å²) >= 11 is 0. The summed E-state index contributed by atoms with van der Waals surface area (Å²) in [5.74, 6) is 0.181. The first-order valence-corrected chi connectivity index (χ1v) is 8.98. The van der Waals surface area contributed by atoms with Crippen molar-refractivity contribution in [2.75, 3.05) is 20.8 Å². The number of carbonyl (C=O) groups is 1. The molecule has 7 heteroatoms. The van der Waals surface area contributed by atoms with E-state index in [1.807, 2.05) is 13.0 Å². The van der Waals surface area contributed by atoms with E-state index in [0.717, 1.165) is 5.56 Å². The number of rotatable bonds is 9. The van der Waals surface area contributed by atoms with Crippen LogP contribution >= 0.6 is 0 Å². The SMILES string of the molecule is COC(=O)c1ccc(CC(C)NCC(O)c2ccc(O)c(CO)c2)c(OC)c1. The van der Waals surface area contributed by atoms with Crippen molar-refractivity contribution in [3.63, 3.8) is 0 Å². The highest BCUT2D eigenvalue weighted by molar-refractivity contribution is 5.89. The molecule has 28 heavy (non-hydrogen) atoms. The van der Waals surface area contributed by atoms with Crippen LogP contribution in [0.3, 0.4) is 0 Å². The third kappa shape index (κ3) is 5.45. The Morgan fingerprint density at radius 3 is 2.54 bits per heavy atom.